The lowest BCUT2D eigenvalue weighted by atomic mass is 9.72. The van der Waals surface area contributed by atoms with Gasteiger partial charge in [-0.2, -0.15) is 0 Å². The molecule has 7 heteroatoms. The van der Waals surface area contributed by atoms with Crippen LogP contribution >= 0.6 is 24.0 Å². The lowest BCUT2D eigenvalue weighted by Crippen LogP contribution is -2.45. The third kappa shape index (κ3) is 8.98. The molecule has 0 aromatic carbocycles. The molecular weight excluding hydrogens is 455 g/mol. The number of nitrogens with one attached hydrogen (secondary N) is 3. The Kier molecular flexibility index (Phi) is 12.3. The van der Waals surface area contributed by atoms with Crippen LogP contribution in [-0.4, -0.2) is 49.3 Å². The third-order valence-corrected chi connectivity index (χ3v) is 5.88. The molecule has 0 saturated heterocycles. The molecule has 2 fully saturated rings. The van der Waals surface area contributed by atoms with E-state index in [2.05, 4.69) is 20.9 Å². The summed E-state index contributed by atoms with van der Waals surface area (Å²) in [5.41, 5.74) is 0.160. The van der Waals surface area contributed by atoms with Crippen molar-refractivity contribution in [1.82, 2.24) is 16.0 Å². The Labute approximate surface area is 181 Å². The molecular formula is C20H39IN4O2. The molecule has 27 heavy (non-hydrogen) atoms. The molecule has 0 bridgehead atoms. The number of carbonyl (C=O) groups excluding carboxylic acids is 1. The summed E-state index contributed by atoms with van der Waals surface area (Å²) in [6.45, 7) is 4.01. The van der Waals surface area contributed by atoms with Crippen molar-refractivity contribution in [2.24, 2.45) is 10.4 Å². The van der Waals surface area contributed by atoms with Gasteiger partial charge in [-0.3, -0.25) is 4.79 Å². The van der Waals surface area contributed by atoms with E-state index in [4.69, 9.17) is 0 Å². The summed E-state index contributed by atoms with van der Waals surface area (Å²) >= 11 is 0. The van der Waals surface area contributed by atoms with Crippen LogP contribution in [0.4, 0.5) is 0 Å². The fraction of sp³-hybridized carbons (Fsp3) is 0.900. The summed E-state index contributed by atoms with van der Waals surface area (Å²) in [7, 11) is 0. The molecule has 1 amide bonds. The maximum Gasteiger partial charge on any atom is 0.242 e. The van der Waals surface area contributed by atoms with Gasteiger partial charge in [0.05, 0.1) is 0 Å². The first kappa shape index (κ1) is 24.5. The number of nitrogens with zero attached hydrogens (tertiary/aromatic N) is 1. The van der Waals surface area contributed by atoms with Gasteiger partial charge in [0, 0.05) is 25.7 Å². The first-order chi connectivity index (χ1) is 12.7. The van der Waals surface area contributed by atoms with Gasteiger partial charge in [0.2, 0.25) is 5.91 Å². The quantitative estimate of drug-likeness (QED) is 0.238. The van der Waals surface area contributed by atoms with E-state index in [0.717, 1.165) is 45.2 Å². The molecule has 0 spiro atoms. The van der Waals surface area contributed by atoms with Crippen molar-refractivity contribution >= 4 is 35.8 Å². The number of hydrogen-bond donors (Lipinski definition) is 4. The number of guanidine groups is 1. The van der Waals surface area contributed by atoms with Crippen LogP contribution in [0.25, 0.3) is 0 Å². The van der Waals surface area contributed by atoms with Crippen LogP contribution in [0.15, 0.2) is 4.99 Å². The van der Waals surface area contributed by atoms with E-state index in [-0.39, 0.29) is 48.5 Å². The van der Waals surface area contributed by atoms with Crippen molar-refractivity contribution in [2.75, 3.05) is 26.2 Å². The minimum Gasteiger partial charge on any atom is -0.396 e. The Bertz CT molecular complexity index is 442. The van der Waals surface area contributed by atoms with E-state index < -0.39 is 0 Å². The van der Waals surface area contributed by atoms with Crippen LogP contribution in [0.1, 0.15) is 77.6 Å². The first-order valence-electron chi connectivity index (χ1n) is 10.6. The van der Waals surface area contributed by atoms with Gasteiger partial charge in [-0.1, -0.05) is 38.5 Å². The molecule has 0 unspecified atom stereocenters. The highest BCUT2D eigenvalue weighted by molar-refractivity contribution is 14.0. The summed E-state index contributed by atoms with van der Waals surface area (Å²) in [6.07, 6.45) is 12.8. The van der Waals surface area contributed by atoms with E-state index >= 15 is 0 Å². The van der Waals surface area contributed by atoms with E-state index in [9.17, 15) is 9.90 Å². The second kappa shape index (κ2) is 13.6. The number of aliphatic imine (C=N–C) groups is 1. The number of aliphatic hydroxyl groups excluding tert-OH is 1. The number of aliphatic hydroxyl groups is 1. The zero-order valence-electron chi connectivity index (χ0n) is 16.9. The average Bonchev–Trinajstić information content (AvgIpc) is 2.66. The number of amides is 1. The topological polar surface area (TPSA) is 85.8 Å². The Hall–Kier alpha value is -0.570. The molecule has 0 aromatic rings. The Balaban J connectivity index is 0.00000364. The van der Waals surface area contributed by atoms with Crippen LogP contribution in [0.5, 0.6) is 0 Å². The van der Waals surface area contributed by atoms with Gasteiger partial charge in [0.1, 0.15) is 6.54 Å². The second-order valence-electron chi connectivity index (χ2n) is 7.99. The van der Waals surface area contributed by atoms with E-state index in [1.807, 2.05) is 6.92 Å². The molecule has 2 aliphatic carbocycles. The van der Waals surface area contributed by atoms with Gasteiger partial charge in [0.25, 0.3) is 0 Å². The zero-order valence-corrected chi connectivity index (χ0v) is 19.2. The summed E-state index contributed by atoms with van der Waals surface area (Å²) in [4.78, 5) is 16.7. The van der Waals surface area contributed by atoms with Crippen molar-refractivity contribution in [3.05, 3.63) is 0 Å². The molecule has 2 saturated carbocycles. The van der Waals surface area contributed by atoms with Crippen molar-refractivity contribution in [2.45, 2.75) is 83.6 Å². The summed E-state index contributed by atoms with van der Waals surface area (Å²) < 4.78 is 0. The number of halogens is 1. The molecule has 2 aliphatic rings. The normalized spacial score (nSPS) is 20.4. The Morgan fingerprint density at radius 2 is 1.74 bits per heavy atom. The van der Waals surface area contributed by atoms with Crippen molar-refractivity contribution < 1.29 is 9.90 Å². The number of carbonyl (C=O) groups is 1. The molecule has 0 atom stereocenters. The van der Waals surface area contributed by atoms with E-state index in [1.165, 1.54) is 38.5 Å². The summed E-state index contributed by atoms with van der Waals surface area (Å²) in [5.74, 6) is 0.714. The maximum absolute atomic E-state index is 12.2. The van der Waals surface area contributed by atoms with Gasteiger partial charge >= 0.3 is 0 Å². The molecule has 0 radical (unpaired) electrons. The molecule has 2 rings (SSSR count). The molecule has 0 aromatic heterocycles. The average molecular weight is 494 g/mol. The van der Waals surface area contributed by atoms with Gasteiger partial charge < -0.3 is 21.1 Å². The highest BCUT2D eigenvalue weighted by Gasteiger charge is 2.31. The largest absolute Gasteiger partial charge is 0.396 e. The van der Waals surface area contributed by atoms with Crippen molar-refractivity contribution in [1.29, 1.82) is 0 Å². The van der Waals surface area contributed by atoms with Gasteiger partial charge in [-0.25, -0.2) is 4.99 Å². The lowest BCUT2D eigenvalue weighted by Gasteiger charge is -2.37. The fourth-order valence-electron chi connectivity index (χ4n) is 4.34. The smallest absolute Gasteiger partial charge is 0.242 e. The Morgan fingerprint density at radius 3 is 2.37 bits per heavy atom. The highest BCUT2D eigenvalue weighted by Crippen LogP contribution is 2.38. The van der Waals surface area contributed by atoms with Crippen LogP contribution < -0.4 is 16.0 Å². The molecule has 4 N–H and O–H groups in total. The van der Waals surface area contributed by atoms with Crippen LogP contribution in [0.3, 0.4) is 0 Å². The highest BCUT2D eigenvalue weighted by atomic mass is 127. The summed E-state index contributed by atoms with van der Waals surface area (Å²) in [6, 6.07) is 0.331. The van der Waals surface area contributed by atoms with E-state index in [0.29, 0.717) is 12.0 Å². The molecule has 0 heterocycles. The lowest BCUT2D eigenvalue weighted by molar-refractivity contribution is -0.120. The summed E-state index contributed by atoms with van der Waals surface area (Å²) in [5, 5.41) is 19.2. The van der Waals surface area contributed by atoms with Gasteiger partial charge in [0.15, 0.2) is 5.96 Å². The third-order valence-electron chi connectivity index (χ3n) is 5.88. The first-order valence-corrected chi connectivity index (χ1v) is 10.6. The standard InChI is InChI=1S/C20H38N4O2.HI/c1-2-21-19(22-15-18(26)24-17-9-5-3-6-10-17)23-16-20(13-14-25)11-7-4-8-12-20;/h17,25H,2-16H2,1H3,(H,24,26)(H2,21,22,23);1H. The van der Waals surface area contributed by atoms with Crippen molar-refractivity contribution in [3.63, 3.8) is 0 Å². The van der Waals surface area contributed by atoms with E-state index in [1.54, 1.807) is 0 Å². The predicted molar refractivity (Wildman–Crippen MR) is 122 cm³/mol. The maximum atomic E-state index is 12.2. The predicted octanol–water partition coefficient (Wildman–Crippen LogP) is 2.94. The van der Waals surface area contributed by atoms with Crippen LogP contribution in [0.2, 0.25) is 0 Å². The van der Waals surface area contributed by atoms with Gasteiger partial charge in [-0.15, -0.1) is 24.0 Å². The van der Waals surface area contributed by atoms with Gasteiger partial charge in [-0.05, 0) is 44.4 Å². The fourth-order valence-corrected chi connectivity index (χ4v) is 4.34. The minimum absolute atomic E-state index is 0. The van der Waals surface area contributed by atoms with Crippen LogP contribution in [0, 0.1) is 5.41 Å². The molecule has 0 aliphatic heterocycles. The molecule has 6 nitrogen and oxygen atoms in total. The monoisotopic (exact) mass is 494 g/mol. The zero-order chi connectivity index (χ0) is 18.7. The number of rotatable bonds is 8. The Morgan fingerprint density at radius 1 is 1.07 bits per heavy atom. The molecule has 158 valence electrons. The minimum atomic E-state index is 0. The van der Waals surface area contributed by atoms with Crippen molar-refractivity contribution in [3.8, 4) is 0 Å². The number of hydrogen-bond acceptors (Lipinski definition) is 3. The van der Waals surface area contributed by atoms with Crippen LogP contribution in [-0.2, 0) is 4.79 Å². The second-order valence-corrected chi connectivity index (χ2v) is 7.99. The SMILES string of the molecule is CCNC(=NCC(=O)NC1CCCCC1)NCC1(CCO)CCCCC1.I.